The number of carbonyl (C=O) groups excluding carboxylic acids is 1. The molecule has 3 atom stereocenters. The average molecular weight is 486 g/mol. The van der Waals surface area contributed by atoms with Gasteiger partial charge in [0, 0.05) is 19.1 Å². The van der Waals surface area contributed by atoms with E-state index in [4.69, 9.17) is 9.16 Å². The number of ether oxygens (including phenoxy) is 1. The number of piperidine rings is 1. The Labute approximate surface area is 204 Å². The van der Waals surface area contributed by atoms with Gasteiger partial charge in [-0.25, -0.2) is 4.79 Å². The number of nitrogens with zero attached hydrogens (tertiary/aromatic N) is 1. The number of hydrogen-bond donors (Lipinski definition) is 2. The van der Waals surface area contributed by atoms with Gasteiger partial charge < -0.3 is 24.3 Å². The smallest absolute Gasteiger partial charge is 0.410 e. The van der Waals surface area contributed by atoms with Crippen molar-refractivity contribution in [1.82, 2.24) is 4.90 Å². The molecule has 1 aliphatic rings. The molecule has 1 fully saturated rings. The van der Waals surface area contributed by atoms with E-state index in [-0.39, 0.29) is 24.7 Å². The summed E-state index contributed by atoms with van der Waals surface area (Å²) in [5.41, 5.74) is -0.640. The molecule has 34 heavy (non-hydrogen) atoms. The number of rotatable bonds is 5. The Balaban J connectivity index is 1.93. The Morgan fingerprint density at radius 3 is 1.85 bits per heavy atom. The highest BCUT2D eigenvalue weighted by Crippen LogP contribution is 2.37. The van der Waals surface area contributed by atoms with Gasteiger partial charge in [0.15, 0.2) is 0 Å². The number of β-amino-alcohol motifs (C(OH)–C–C–N with tert-alkyl or cyclic N) is 1. The summed E-state index contributed by atoms with van der Waals surface area (Å²) in [7, 11) is -2.80. The molecule has 0 spiro atoms. The average Bonchev–Trinajstić information content (AvgIpc) is 2.76. The minimum absolute atomic E-state index is 0.0335. The van der Waals surface area contributed by atoms with Crippen LogP contribution in [0.25, 0.3) is 0 Å². The van der Waals surface area contributed by atoms with Crippen LogP contribution in [0, 0.1) is 5.92 Å². The number of aliphatic hydroxyl groups is 2. The highest BCUT2D eigenvalue weighted by atomic mass is 28.4. The summed E-state index contributed by atoms with van der Waals surface area (Å²) in [5, 5.41) is 23.4. The molecule has 2 aromatic carbocycles. The molecule has 0 aromatic heterocycles. The summed E-state index contributed by atoms with van der Waals surface area (Å²) in [6.07, 6.45) is -2.54. The Hall–Kier alpha value is -2.19. The number of likely N-dealkylation sites (tertiary alicyclic amines) is 1. The molecule has 2 N–H and O–H groups in total. The first-order chi connectivity index (χ1) is 15.8. The summed E-state index contributed by atoms with van der Waals surface area (Å²) in [6, 6.07) is 20.6. The van der Waals surface area contributed by atoms with Crippen LogP contribution in [0.1, 0.15) is 41.5 Å². The zero-order valence-electron chi connectivity index (χ0n) is 21.2. The van der Waals surface area contributed by atoms with Gasteiger partial charge in [0.2, 0.25) is 0 Å². The van der Waals surface area contributed by atoms with Crippen LogP contribution in [0.3, 0.4) is 0 Å². The summed E-state index contributed by atoms with van der Waals surface area (Å²) in [5.74, 6) is -0.446. The highest BCUT2D eigenvalue weighted by Gasteiger charge is 2.51. The lowest BCUT2D eigenvalue weighted by Gasteiger charge is -2.45. The van der Waals surface area contributed by atoms with Crippen LogP contribution in [0.2, 0.25) is 5.04 Å². The molecule has 7 heteroatoms. The second-order valence-corrected chi connectivity index (χ2v) is 15.5. The molecule has 0 aliphatic carbocycles. The zero-order valence-corrected chi connectivity index (χ0v) is 22.2. The molecular weight excluding hydrogens is 446 g/mol. The van der Waals surface area contributed by atoms with Gasteiger partial charge in [-0.3, -0.25) is 0 Å². The lowest BCUT2D eigenvalue weighted by molar-refractivity contribution is -0.0856. The summed E-state index contributed by atoms with van der Waals surface area (Å²) in [6.45, 7) is 12.5. The van der Waals surface area contributed by atoms with Crippen molar-refractivity contribution in [3.63, 3.8) is 0 Å². The maximum Gasteiger partial charge on any atom is 0.410 e. The normalized spacial score (nSPS) is 21.9. The van der Waals surface area contributed by atoms with Crippen LogP contribution in [0.4, 0.5) is 4.79 Å². The van der Waals surface area contributed by atoms with Gasteiger partial charge in [0.05, 0.1) is 18.8 Å². The van der Waals surface area contributed by atoms with Crippen molar-refractivity contribution in [2.45, 2.75) is 64.4 Å². The summed E-state index contributed by atoms with van der Waals surface area (Å²) in [4.78, 5) is 14.2. The van der Waals surface area contributed by atoms with Crippen LogP contribution >= 0.6 is 0 Å². The summed E-state index contributed by atoms with van der Waals surface area (Å²) >= 11 is 0. The van der Waals surface area contributed by atoms with E-state index < -0.39 is 38.1 Å². The molecule has 1 amide bonds. The van der Waals surface area contributed by atoms with E-state index in [2.05, 4.69) is 45.0 Å². The van der Waals surface area contributed by atoms with Crippen molar-refractivity contribution >= 4 is 24.8 Å². The maximum absolute atomic E-state index is 12.7. The van der Waals surface area contributed by atoms with E-state index >= 15 is 0 Å². The second kappa shape index (κ2) is 10.2. The third kappa shape index (κ3) is 5.71. The second-order valence-electron chi connectivity index (χ2n) is 11.2. The predicted octanol–water partition coefficient (Wildman–Crippen LogP) is 3.15. The van der Waals surface area contributed by atoms with E-state index in [0.717, 1.165) is 10.4 Å². The predicted molar refractivity (Wildman–Crippen MR) is 137 cm³/mol. The van der Waals surface area contributed by atoms with E-state index in [9.17, 15) is 15.0 Å². The van der Waals surface area contributed by atoms with E-state index in [1.807, 2.05) is 57.2 Å². The molecule has 1 saturated heterocycles. The van der Waals surface area contributed by atoms with Crippen LogP contribution < -0.4 is 10.4 Å². The van der Waals surface area contributed by atoms with Crippen LogP contribution in [0.5, 0.6) is 0 Å². The first-order valence-electron chi connectivity index (χ1n) is 11.9. The largest absolute Gasteiger partial charge is 0.444 e. The van der Waals surface area contributed by atoms with Gasteiger partial charge in [-0.2, -0.15) is 0 Å². The number of benzene rings is 2. The van der Waals surface area contributed by atoms with Gasteiger partial charge in [0.25, 0.3) is 8.32 Å². The topological polar surface area (TPSA) is 79.2 Å². The van der Waals surface area contributed by atoms with Crippen molar-refractivity contribution in [2.24, 2.45) is 5.92 Å². The number of aliphatic hydroxyl groups excluding tert-OH is 2. The van der Waals surface area contributed by atoms with Crippen molar-refractivity contribution in [3.8, 4) is 0 Å². The van der Waals surface area contributed by atoms with E-state index in [1.54, 1.807) is 0 Å². The fraction of sp³-hybridized carbons (Fsp3) is 0.519. The Morgan fingerprint density at radius 2 is 1.41 bits per heavy atom. The highest BCUT2D eigenvalue weighted by molar-refractivity contribution is 6.99. The SMILES string of the molecule is CC(C)(C)OC(=O)N1C[C@H](CO[Si](c2ccccc2)(c2ccccc2)C(C)(C)C)[C@H](O)[C@H](O)C1. The molecule has 3 rings (SSSR count). The van der Waals surface area contributed by atoms with Crippen LogP contribution in [0.15, 0.2) is 60.7 Å². The minimum atomic E-state index is -2.80. The summed E-state index contributed by atoms with van der Waals surface area (Å²) < 4.78 is 12.5. The fourth-order valence-corrected chi connectivity index (χ4v) is 9.35. The quantitative estimate of drug-likeness (QED) is 0.636. The third-order valence-corrected chi connectivity index (χ3v) is 11.3. The maximum atomic E-state index is 12.7. The molecule has 6 nitrogen and oxygen atoms in total. The van der Waals surface area contributed by atoms with E-state index in [0.29, 0.717) is 0 Å². The molecule has 1 heterocycles. The van der Waals surface area contributed by atoms with Gasteiger partial charge in [0.1, 0.15) is 5.60 Å². The lowest BCUT2D eigenvalue weighted by atomic mass is 9.93. The van der Waals surface area contributed by atoms with Crippen molar-refractivity contribution in [2.75, 3.05) is 19.7 Å². The zero-order chi connectivity index (χ0) is 25.1. The fourth-order valence-electron chi connectivity index (χ4n) is 4.73. The number of carbonyl (C=O) groups is 1. The molecule has 0 saturated carbocycles. The van der Waals surface area contributed by atoms with Crippen molar-refractivity contribution in [1.29, 1.82) is 0 Å². The van der Waals surface area contributed by atoms with Crippen LogP contribution in [-0.4, -0.2) is 67.0 Å². The molecule has 2 aromatic rings. The van der Waals surface area contributed by atoms with E-state index in [1.165, 1.54) is 4.90 Å². The first kappa shape index (κ1) is 26.4. The van der Waals surface area contributed by atoms with Crippen molar-refractivity contribution in [3.05, 3.63) is 60.7 Å². The van der Waals surface area contributed by atoms with Gasteiger partial charge >= 0.3 is 6.09 Å². The standard InChI is InChI=1S/C27H39NO5Si/c1-26(2,3)33-25(31)28-17-20(24(30)23(29)18-28)19-32-34(27(4,5)6,21-13-9-7-10-14-21)22-15-11-8-12-16-22/h7-16,20,23-24,29-30H,17-19H2,1-6H3/t20-,23-,24+/m1/s1. The minimum Gasteiger partial charge on any atom is -0.444 e. The van der Waals surface area contributed by atoms with Crippen LogP contribution in [-0.2, 0) is 9.16 Å². The Kier molecular flexibility index (Phi) is 7.92. The molecule has 186 valence electrons. The number of amides is 1. The molecule has 1 aliphatic heterocycles. The Bertz CT molecular complexity index is 899. The van der Waals surface area contributed by atoms with Gasteiger partial charge in [-0.15, -0.1) is 0 Å². The number of hydrogen-bond acceptors (Lipinski definition) is 5. The monoisotopic (exact) mass is 485 g/mol. The molecular formula is C27H39NO5Si. The third-order valence-electron chi connectivity index (χ3n) is 6.32. The van der Waals surface area contributed by atoms with Gasteiger partial charge in [-0.05, 0) is 36.2 Å². The molecule has 0 bridgehead atoms. The first-order valence-corrected chi connectivity index (χ1v) is 13.8. The molecule has 0 radical (unpaired) electrons. The Morgan fingerprint density at radius 1 is 0.912 bits per heavy atom. The van der Waals surface area contributed by atoms with Crippen molar-refractivity contribution < 1.29 is 24.2 Å². The molecule has 0 unspecified atom stereocenters. The van der Waals surface area contributed by atoms with Gasteiger partial charge in [-0.1, -0.05) is 81.4 Å². The lowest BCUT2D eigenvalue weighted by Crippen LogP contribution is -2.67.